The zero-order valence-corrected chi connectivity index (χ0v) is 9.07. The number of aromatic hydroxyl groups is 2. The molecule has 1 aromatic carbocycles. The average Bonchev–Trinajstić information content (AvgIpc) is 1.98. The topological polar surface area (TPSA) is 94.8 Å². The van der Waals surface area contributed by atoms with E-state index in [-0.39, 0.29) is 0 Å². The summed E-state index contributed by atoms with van der Waals surface area (Å²) in [6, 6.07) is 2.27. The second-order valence-electron chi connectivity index (χ2n) is 2.22. The summed E-state index contributed by atoms with van der Waals surface area (Å²) in [5.74, 6) is -1.40. The molecule has 72 valence electrons. The standard InChI is InChI=1S/C6H5IO5S/c7-3-1-2-4(13(10,11)12)6(9)5(3)8/h1-2,8-9H,(H,10,11,12). The molecule has 0 amide bonds. The molecule has 0 bridgehead atoms. The lowest BCUT2D eigenvalue weighted by molar-refractivity contribution is 0.386. The van der Waals surface area contributed by atoms with E-state index in [1.54, 1.807) is 22.6 Å². The van der Waals surface area contributed by atoms with Crippen molar-refractivity contribution in [1.29, 1.82) is 0 Å². The normalized spacial score (nSPS) is 11.5. The maximum atomic E-state index is 10.6. The lowest BCUT2D eigenvalue weighted by Gasteiger charge is -2.03. The number of benzene rings is 1. The van der Waals surface area contributed by atoms with Crippen LogP contribution in [-0.2, 0) is 10.1 Å². The smallest absolute Gasteiger partial charge is 0.298 e. The molecule has 0 radical (unpaired) electrons. The van der Waals surface area contributed by atoms with Crippen LogP contribution in [0.15, 0.2) is 17.0 Å². The first-order valence-electron chi connectivity index (χ1n) is 3.02. The molecule has 0 spiro atoms. The molecule has 7 heteroatoms. The molecule has 0 fully saturated rings. The molecule has 0 saturated heterocycles. The van der Waals surface area contributed by atoms with Gasteiger partial charge in [0.05, 0.1) is 3.57 Å². The van der Waals surface area contributed by atoms with Gasteiger partial charge in [-0.2, -0.15) is 8.42 Å². The molecule has 0 aliphatic rings. The van der Waals surface area contributed by atoms with Gasteiger partial charge in [-0.15, -0.1) is 0 Å². The summed E-state index contributed by atoms with van der Waals surface area (Å²) in [4.78, 5) is -0.703. The number of rotatable bonds is 1. The zero-order chi connectivity index (χ0) is 10.2. The molecule has 0 heterocycles. The monoisotopic (exact) mass is 316 g/mol. The molecule has 5 nitrogen and oxygen atoms in total. The van der Waals surface area contributed by atoms with E-state index in [4.69, 9.17) is 14.8 Å². The Kier molecular flexibility index (Phi) is 2.68. The molecule has 0 aliphatic carbocycles. The molecular weight excluding hydrogens is 311 g/mol. The van der Waals surface area contributed by atoms with E-state index in [1.165, 1.54) is 6.07 Å². The van der Waals surface area contributed by atoms with Crippen LogP contribution in [0.3, 0.4) is 0 Å². The fraction of sp³-hybridized carbons (Fsp3) is 0. The van der Waals surface area contributed by atoms with E-state index in [0.717, 1.165) is 6.07 Å². The van der Waals surface area contributed by atoms with Crippen LogP contribution in [0, 0.1) is 3.57 Å². The highest BCUT2D eigenvalue weighted by Gasteiger charge is 2.19. The Morgan fingerprint density at radius 3 is 2.15 bits per heavy atom. The summed E-state index contributed by atoms with van der Waals surface area (Å²) < 4.78 is 30.1. The highest BCUT2D eigenvalue weighted by molar-refractivity contribution is 14.1. The Bertz CT molecular complexity index is 439. The molecule has 1 rings (SSSR count). The van der Waals surface area contributed by atoms with Crippen molar-refractivity contribution in [3.63, 3.8) is 0 Å². The Morgan fingerprint density at radius 1 is 1.15 bits per heavy atom. The van der Waals surface area contributed by atoms with Crippen molar-refractivity contribution in [2.75, 3.05) is 0 Å². The highest BCUT2D eigenvalue weighted by Crippen LogP contribution is 2.35. The summed E-state index contributed by atoms with van der Waals surface area (Å²) in [7, 11) is -4.49. The van der Waals surface area contributed by atoms with Crippen LogP contribution in [0.2, 0.25) is 0 Å². The Hall–Kier alpha value is -0.540. The molecule has 1 aromatic rings. The summed E-state index contributed by atoms with van der Waals surface area (Å²) in [6.07, 6.45) is 0. The Balaban J connectivity index is 3.53. The van der Waals surface area contributed by atoms with Crippen molar-refractivity contribution in [2.45, 2.75) is 4.90 Å². The number of hydrogen-bond acceptors (Lipinski definition) is 4. The van der Waals surface area contributed by atoms with Crippen LogP contribution in [0.5, 0.6) is 11.5 Å². The second-order valence-corrected chi connectivity index (χ2v) is 4.77. The van der Waals surface area contributed by atoms with Crippen LogP contribution in [0.1, 0.15) is 0 Å². The third-order valence-electron chi connectivity index (χ3n) is 1.34. The molecule has 0 atom stereocenters. The van der Waals surface area contributed by atoms with Gasteiger partial charge in [0.1, 0.15) is 4.90 Å². The maximum Gasteiger partial charge on any atom is 0.298 e. The molecule has 3 N–H and O–H groups in total. The quantitative estimate of drug-likeness (QED) is 0.407. The first kappa shape index (κ1) is 10.5. The molecular formula is C6H5IO5S. The summed E-state index contributed by atoms with van der Waals surface area (Å²) in [5.41, 5.74) is 0. The number of phenolic OH excluding ortho intramolecular Hbond substituents is 2. The third kappa shape index (κ3) is 2.03. The summed E-state index contributed by atoms with van der Waals surface area (Å²) >= 11 is 1.71. The van der Waals surface area contributed by atoms with E-state index < -0.39 is 26.5 Å². The minimum Gasteiger partial charge on any atom is -0.503 e. The number of phenols is 2. The van der Waals surface area contributed by atoms with Crippen molar-refractivity contribution >= 4 is 32.7 Å². The van der Waals surface area contributed by atoms with Crippen LogP contribution in [-0.4, -0.2) is 23.2 Å². The first-order chi connectivity index (χ1) is 5.84. The highest BCUT2D eigenvalue weighted by atomic mass is 127. The van der Waals surface area contributed by atoms with Gasteiger partial charge >= 0.3 is 0 Å². The Labute approximate surface area is 87.9 Å². The van der Waals surface area contributed by atoms with E-state index in [1.807, 2.05) is 0 Å². The van der Waals surface area contributed by atoms with Crippen LogP contribution in [0.4, 0.5) is 0 Å². The van der Waals surface area contributed by atoms with Crippen molar-refractivity contribution in [3.8, 4) is 11.5 Å². The van der Waals surface area contributed by atoms with Gasteiger partial charge in [0.2, 0.25) is 0 Å². The average molecular weight is 316 g/mol. The molecule has 13 heavy (non-hydrogen) atoms. The van der Waals surface area contributed by atoms with E-state index in [2.05, 4.69) is 0 Å². The van der Waals surface area contributed by atoms with Gasteiger partial charge in [-0.3, -0.25) is 4.55 Å². The molecule has 0 unspecified atom stereocenters. The van der Waals surface area contributed by atoms with Crippen molar-refractivity contribution in [2.24, 2.45) is 0 Å². The largest absolute Gasteiger partial charge is 0.503 e. The lowest BCUT2D eigenvalue weighted by Crippen LogP contribution is -1.98. The third-order valence-corrected chi connectivity index (χ3v) is 3.10. The van der Waals surface area contributed by atoms with E-state index in [0.29, 0.717) is 3.57 Å². The van der Waals surface area contributed by atoms with E-state index in [9.17, 15) is 8.42 Å². The predicted octanol–water partition coefficient (Wildman–Crippen LogP) is 0.949. The van der Waals surface area contributed by atoms with Crippen LogP contribution in [0.25, 0.3) is 0 Å². The predicted molar refractivity (Wildman–Crippen MR) is 52.3 cm³/mol. The van der Waals surface area contributed by atoms with Gasteiger partial charge in [-0.05, 0) is 34.7 Å². The summed E-state index contributed by atoms with van der Waals surface area (Å²) in [6.45, 7) is 0. The van der Waals surface area contributed by atoms with Gasteiger partial charge in [-0.1, -0.05) is 0 Å². The minimum atomic E-state index is -4.49. The molecule has 0 aliphatic heterocycles. The van der Waals surface area contributed by atoms with Gasteiger partial charge in [0.15, 0.2) is 11.5 Å². The van der Waals surface area contributed by atoms with Crippen LogP contribution < -0.4 is 0 Å². The number of hydrogen-bond donors (Lipinski definition) is 3. The Morgan fingerprint density at radius 2 is 1.69 bits per heavy atom. The summed E-state index contributed by atoms with van der Waals surface area (Å²) in [5, 5.41) is 18.2. The van der Waals surface area contributed by atoms with Gasteiger partial charge < -0.3 is 10.2 Å². The SMILES string of the molecule is O=S(=O)(O)c1ccc(I)c(O)c1O. The molecule has 0 saturated carbocycles. The van der Waals surface area contributed by atoms with Gasteiger partial charge in [0.25, 0.3) is 10.1 Å². The van der Waals surface area contributed by atoms with E-state index >= 15 is 0 Å². The van der Waals surface area contributed by atoms with Crippen LogP contribution >= 0.6 is 22.6 Å². The van der Waals surface area contributed by atoms with Gasteiger partial charge in [0, 0.05) is 0 Å². The van der Waals surface area contributed by atoms with Gasteiger partial charge in [-0.25, -0.2) is 0 Å². The lowest BCUT2D eigenvalue weighted by atomic mass is 10.3. The zero-order valence-electron chi connectivity index (χ0n) is 6.10. The number of halogens is 1. The minimum absolute atomic E-state index is 0.294. The molecule has 0 aromatic heterocycles. The van der Waals surface area contributed by atoms with Crippen molar-refractivity contribution in [1.82, 2.24) is 0 Å². The fourth-order valence-corrected chi connectivity index (χ4v) is 1.76. The van der Waals surface area contributed by atoms with Crippen molar-refractivity contribution < 1.29 is 23.2 Å². The maximum absolute atomic E-state index is 10.6. The first-order valence-corrected chi connectivity index (χ1v) is 5.54. The van der Waals surface area contributed by atoms with Crippen molar-refractivity contribution in [3.05, 3.63) is 15.7 Å². The second kappa shape index (κ2) is 3.31. The fourth-order valence-electron chi connectivity index (χ4n) is 0.745.